The fourth-order valence-corrected chi connectivity index (χ4v) is 4.89. The maximum Gasteiger partial charge on any atom is 0.344 e. The van der Waals surface area contributed by atoms with Crippen LogP contribution in [0.15, 0.2) is 30.6 Å². The molecule has 0 spiro atoms. The van der Waals surface area contributed by atoms with Crippen LogP contribution in [0.25, 0.3) is 0 Å². The van der Waals surface area contributed by atoms with Gasteiger partial charge in [-0.2, -0.15) is 9.78 Å². The van der Waals surface area contributed by atoms with Crippen molar-refractivity contribution in [2.45, 2.75) is 26.3 Å². The molecule has 174 valence electrons. The van der Waals surface area contributed by atoms with Gasteiger partial charge in [-0.05, 0) is 42.8 Å². The lowest BCUT2D eigenvalue weighted by molar-refractivity contribution is 0.134. The van der Waals surface area contributed by atoms with E-state index in [9.17, 15) is 9.00 Å². The zero-order valence-electron chi connectivity index (χ0n) is 19.4. The van der Waals surface area contributed by atoms with Gasteiger partial charge in [0.15, 0.2) is 0 Å². The number of aryl methyl sites for hydroxylation is 1. The summed E-state index contributed by atoms with van der Waals surface area (Å²) >= 11 is 0. The number of rotatable bonds is 5. The van der Waals surface area contributed by atoms with E-state index in [2.05, 4.69) is 45.9 Å². The van der Waals surface area contributed by atoms with Crippen molar-refractivity contribution in [3.63, 3.8) is 0 Å². The topological polar surface area (TPSA) is 64.9 Å². The van der Waals surface area contributed by atoms with E-state index in [0.29, 0.717) is 18.8 Å². The third kappa shape index (κ3) is 4.94. The van der Waals surface area contributed by atoms with Crippen molar-refractivity contribution in [1.82, 2.24) is 19.6 Å². The monoisotopic (exact) mass is 458 g/mol. The Morgan fingerprint density at radius 3 is 2.50 bits per heavy atom. The van der Waals surface area contributed by atoms with Crippen molar-refractivity contribution < 1.29 is 9.00 Å². The Kier molecular flexibility index (Phi) is 6.48. The number of aromatic nitrogens is 2. The Bertz CT molecular complexity index is 1070. The van der Waals surface area contributed by atoms with E-state index in [1.165, 1.54) is 34.3 Å². The Labute approximate surface area is 191 Å². The third-order valence-electron chi connectivity index (χ3n) is 6.43. The lowest BCUT2D eigenvalue weighted by atomic mass is 10.1. The molecule has 0 bridgehead atoms. The summed E-state index contributed by atoms with van der Waals surface area (Å²) in [6.07, 6.45) is 7.28. The number of nitrogens with zero attached hydrogens (tertiary/aromatic N) is 6. The lowest BCUT2D eigenvalue weighted by Crippen LogP contribution is -2.49. The minimum absolute atomic E-state index is 0.149. The second-order valence-corrected chi connectivity index (χ2v) is 11.4. The third-order valence-corrected chi connectivity index (χ3v) is 7.80. The first-order chi connectivity index (χ1) is 15.2. The molecule has 0 aliphatic carbocycles. The van der Waals surface area contributed by atoms with Gasteiger partial charge in [0.25, 0.3) is 0 Å². The summed E-state index contributed by atoms with van der Waals surface area (Å²) in [5.74, 6) is 3.68. The van der Waals surface area contributed by atoms with Crippen molar-refractivity contribution in [2.75, 3.05) is 61.8 Å². The molecule has 2 aromatic rings. The number of piperazine rings is 1. The molecule has 8 nitrogen and oxygen atoms in total. The highest BCUT2D eigenvalue weighted by molar-refractivity contribution is 8.00. The fourth-order valence-electron chi connectivity index (χ4n) is 4.35. The van der Waals surface area contributed by atoms with Crippen LogP contribution in [0.4, 0.5) is 16.2 Å². The van der Waals surface area contributed by atoms with Crippen molar-refractivity contribution in [1.29, 1.82) is 0 Å². The quantitative estimate of drug-likeness (QED) is 0.643. The SMILES string of the molecule is C=S(C)(=O)N(C)c1cnn(C(=O)N2CCN(Cc3ccc(C)cc3N3CCCC3)CC2)c1. The van der Waals surface area contributed by atoms with Gasteiger partial charge in [0.1, 0.15) is 0 Å². The normalized spacial score (nSPS) is 19.2. The molecule has 1 unspecified atom stereocenters. The summed E-state index contributed by atoms with van der Waals surface area (Å²) in [5, 5.41) is 4.19. The number of hydrogen-bond acceptors (Lipinski definition) is 5. The summed E-state index contributed by atoms with van der Waals surface area (Å²) in [7, 11) is -0.702. The van der Waals surface area contributed by atoms with Gasteiger partial charge in [-0.3, -0.25) is 9.21 Å². The van der Waals surface area contributed by atoms with Crippen molar-refractivity contribution in [2.24, 2.45) is 0 Å². The first-order valence-corrected chi connectivity index (χ1v) is 13.3. The first-order valence-electron chi connectivity index (χ1n) is 11.2. The molecule has 0 saturated carbocycles. The van der Waals surface area contributed by atoms with Crippen LogP contribution in [-0.2, 0) is 16.3 Å². The molecule has 9 heteroatoms. The molecule has 1 atom stereocenters. The number of carbonyl (C=O) groups is 1. The van der Waals surface area contributed by atoms with Crippen molar-refractivity contribution >= 4 is 33.0 Å². The van der Waals surface area contributed by atoms with E-state index in [1.54, 1.807) is 30.0 Å². The van der Waals surface area contributed by atoms with E-state index < -0.39 is 9.71 Å². The summed E-state index contributed by atoms with van der Waals surface area (Å²) in [4.78, 5) is 19.7. The minimum atomic E-state index is -2.40. The highest BCUT2D eigenvalue weighted by Gasteiger charge is 2.25. The van der Waals surface area contributed by atoms with Crippen molar-refractivity contribution in [3.8, 4) is 0 Å². The molecule has 0 N–H and O–H groups in total. The average Bonchev–Trinajstić information content (AvgIpc) is 3.46. The second kappa shape index (κ2) is 9.15. The van der Waals surface area contributed by atoms with Crippen LogP contribution in [-0.4, -0.2) is 88.3 Å². The molecule has 32 heavy (non-hydrogen) atoms. The van der Waals surface area contributed by atoms with E-state index in [0.717, 1.165) is 32.7 Å². The lowest BCUT2D eigenvalue weighted by Gasteiger charge is -2.35. The van der Waals surface area contributed by atoms with Crippen LogP contribution in [0, 0.1) is 6.92 Å². The van der Waals surface area contributed by atoms with Crippen LogP contribution >= 0.6 is 0 Å². The van der Waals surface area contributed by atoms with Crippen LogP contribution in [0.2, 0.25) is 0 Å². The van der Waals surface area contributed by atoms with Crippen LogP contribution < -0.4 is 9.21 Å². The van der Waals surface area contributed by atoms with Gasteiger partial charge in [-0.25, -0.2) is 9.00 Å². The molecule has 0 radical (unpaired) electrons. The van der Waals surface area contributed by atoms with Gasteiger partial charge in [-0.1, -0.05) is 12.1 Å². The maximum absolute atomic E-state index is 12.9. The summed E-state index contributed by atoms with van der Waals surface area (Å²) < 4.78 is 15.0. The number of anilines is 2. The van der Waals surface area contributed by atoms with E-state index in [1.807, 2.05) is 4.90 Å². The molecular weight excluding hydrogens is 424 g/mol. The standard InChI is InChI=1S/C23H34N6O2S/c1-19-7-8-20(22(15-19)27-9-5-6-10-27)17-26-11-13-28(14-12-26)23(30)29-18-21(16-24-29)25(2)32(3,4)31/h7-8,15-16,18H,3,5-6,9-14,17H2,1-2,4H3. The summed E-state index contributed by atoms with van der Waals surface area (Å²) in [6.45, 7) is 8.32. The Morgan fingerprint density at radius 1 is 1.16 bits per heavy atom. The molecule has 2 saturated heterocycles. The van der Waals surface area contributed by atoms with Gasteiger partial charge >= 0.3 is 6.03 Å². The molecule has 2 aliphatic heterocycles. The molecule has 1 aromatic heterocycles. The number of carbonyl (C=O) groups excluding carboxylic acids is 1. The highest BCUT2D eigenvalue weighted by Crippen LogP contribution is 2.27. The maximum atomic E-state index is 12.9. The number of amides is 1. The largest absolute Gasteiger partial charge is 0.371 e. The van der Waals surface area contributed by atoms with Gasteiger partial charge in [-0.15, -0.1) is 0 Å². The molecule has 4 rings (SSSR count). The second-order valence-electron chi connectivity index (χ2n) is 8.97. The number of hydrogen-bond donors (Lipinski definition) is 0. The Balaban J connectivity index is 1.37. The molecule has 1 aromatic carbocycles. The predicted molar refractivity (Wildman–Crippen MR) is 132 cm³/mol. The Hall–Kier alpha value is -2.52. The minimum Gasteiger partial charge on any atom is -0.371 e. The van der Waals surface area contributed by atoms with Gasteiger partial charge in [0, 0.05) is 74.5 Å². The average molecular weight is 459 g/mol. The van der Waals surface area contributed by atoms with E-state index >= 15 is 0 Å². The molecule has 3 heterocycles. The first kappa shape index (κ1) is 22.7. The molecule has 2 aliphatic rings. The zero-order valence-corrected chi connectivity index (χ0v) is 20.2. The predicted octanol–water partition coefficient (Wildman–Crippen LogP) is 2.28. The van der Waals surface area contributed by atoms with Crippen LogP contribution in [0.1, 0.15) is 24.0 Å². The Morgan fingerprint density at radius 2 is 1.84 bits per heavy atom. The van der Waals surface area contributed by atoms with Crippen LogP contribution in [0.5, 0.6) is 0 Å². The molecule has 1 amide bonds. The zero-order chi connectivity index (χ0) is 22.9. The van der Waals surface area contributed by atoms with Crippen LogP contribution in [0.3, 0.4) is 0 Å². The highest BCUT2D eigenvalue weighted by atomic mass is 32.2. The van der Waals surface area contributed by atoms with E-state index in [4.69, 9.17) is 0 Å². The smallest absolute Gasteiger partial charge is 0.344 e. The molecular formula is C23H34N6O2S. The fraction of sp³-hybridized carbons (Fsp3) is 0.522. The van der Waals surface area contributed by atoms with Gasteiger partial charge in [0.05, 0.1) is 18.1 Å². The summed E-state index contributed by atoms with van der Waals surface area (Å²) in [6, 6.07) is 6.62. The summed E-state index contributed by atoms with van der Waals surface area (Å²) in [5.41, 5.74) is 4.65. The number of benzene rings is 1. The van der Waals surface area contributed by atoms with E-state index in [-0.39, 0.29) is 6.03 Å². The van der Waals surface area contributed by atoms with Gasteiger partial charge in [0.2, 0.25) is 0 Å². The molecule has 2 fully saturated rings. The van der Waals surface area contributed by atoms with Crippen molar-refractivity contribution in [3.05, 3.63) is 41.7 Å². The van der Waals surface area contributed by atoms with Gasteiger partial charge < -0.3 is 9.80 Å².